The Morgan fingerprint density at radius 3 is 2.70 bits per heavy atom. The first-order valence-electron chi connectivity index (χ1n) is 6.58. The molecule has 6 nitrogen and oxygen atoms in total. The van der Waals surface area contributed by atoms with Crippen molar-refractivity contribution in [3.63, 3.8) is 0 Å². The summed E-state index contributed by atoms with van der Waals surface area (Å²) in [5.74, 6) is 0.836. The third-order valence-electron chi connectivity index (χ3n) is 3.69. The van der Waals surface area contributed by atoms with Crippen LogP contribution in [0.5, 0.6) is 0 Å². The van der Waals surface area contributed by atoms with E-state index >= 15 is 0 Å². The minimum absolute atomic E-state index is 0.765. The highest BCUT2D eigenvalue weighted by Gasteiger charge is 2.15. The molecule has 0 aliphatic heterocycles. The number of aromatic nitrogens is 5. The summed E-state index contributed by atoms with van der Waals surface area (Å²) in [6.45, 7) is 4.89. The molecule has 0 bridgehead atoms. The van der Waals surface area contributed by atoms with Crippen molar-refractivity contribution >= 4 is 11.6 Å². The molecule has 0 fully saturated rings. The van der Waals surface area contributed by atoms with E-state index in [0.29, 0.717) is 0 Å². The van der Waals surface area contributed by atoms with Gasteiger partial charge in [0.15, 0.2) is 5.65 Å². The van der Waals surface area contributed by atoms with Crippen LogP contribution in [0.4, 0.5) is 5.95 Å². The van der Waals surface area contributed by atoms with E-state index in [2.05, 4.69) is 27.1 Å². The van der Waals surface area contributed by atoms with Crippen molar-refractivity contribution in [1.29, 1.82) is 0 Å². The summed E-state index contributed by atoms with van der Waals surface area (Å²) >= 11 is 0. The molecule has 3 heterocycles. The van der Waals surface area contributed by atoms with Gasteiger partial charge in [-0.3, -0.25) is 9.08 Å². The molecule has 3 aromatic heterocycles. The predicted molar refractivity (Wildman–Crippen MR) is 77.8 cm³/mol. The van der Waals surface area contributed by atoms with Crippen molar-refractivity contribution in [3.05, 3.63) is 41.3 Å². The van der Waals surface area contributed by atoms with Crippen LogP contribution in [0.1, 0.15) is 17.0 Å². The SMILES string of the molecule is Cc1nn(C)c(C)c1CN(C)c1nnc2ccccn12. The summed E-state index contributed by atoms with van der Waals surface area (Å²) in [4.78, 5) is 2.09. The van der Waals surface area contributed by atoms with Gasteiger partial charge >= 0.3 is 0 Å². The second kappa shape index (κ2) is 4.63. The zero-order valence-electron chi connectivity index (χ0n) is 12.2. The number of pyridine rings is 1. The second-order valence-corrected chi connectivity index (χ2v) is 5.06. The van der Waals surface area contributed by atoms with Gasteiger partial charge in [-0.05, 0) is 26.0 Å². The third-order valence-corrected chi connectivity index (χ3v) is 3.69. The fourth-order valence-electron chi connectivity index (χ4n) is 2.44. The predicted octanol–water partition coefficient (Wildman–Crippen LogP) is 1.72. The number of hydrogen-bond donors (Lipinski definition) is 0. The normalized spacial score (nSPS) is 11.2. The lowest BCUT2D eigenvalue weighted by Gasteiger charge is -2.17. The average Bonchev–Trinajstić information content (AvgIpc) is 2.96. The van der Waals surface area contributed by atoms with Crippen molar-refractivity contribution in [2.45, 2.75) is 20.4 Å². The van der Waals surface area contributed by atoms with Crippen LogP contribution < -0.4 is 4.90 Å². The molecule has 0 atom stereocenters. The van der Waals surface area contributed by atoms with Gasteiger partial charge < -0.3 is 4.90 Å². The first kappa shape index (κ1) is 12.7. The summed E-state index contributed by atoms with van der Waals surface area (Å²) in [5.41, 5.74) is 4.34. The summed E-state index contributed by atoms with van der Waals surface area (Å²) in [6, 6.07) is 5.89. The van der Waals surface area contributed by atoms with Gasteiger partial charge in [0.05, 0.1) is 5.69 Å². The Labute approximate surface area is 117 Å². The van der Waals surface area contributed by atoms with Gasteiger partial charge in [-0.2, -0.15) is 5.10 Å². The van der Waals surface area contributed by atoms with E-state index in [0.717, 1.165) is 23.8 Å². The number of rotatable bonds is 3. The largest absolute Gasteiger partial charge is 0.339 e. The molecule has 0 aliphatic carbocycles. The summed E-state index contributed by atoms with van der Waals surface area (Å²) < 4.78 is 3.90. The molecule has 20 heavy (non-hydrogen) atoms. The Kier molecular flexibility index (Phi) is 2.93. The monoisotopic (exact) mass is 270 g/mol. The second-order valence-electron chi connectivity index (χ2n) is 5.06. The van der Waals surface area contributed by atoms with E-state index in [9.17, 15) is 0 Å². The minimum Gasteiger partial charge on any atom is -0.339 e. The third kappa shape index (κ3) is 1.93. The Balaban J connectivity index is 1.95. The Hall–Kier alpha value is -2.37. The van der Waals surface area contributed by atoms with E-state index in [1.54, 1.807) is 0 Å². The topological polar surface area (TPSA) is 51.2 Å². The van der Waals surface area contributed by atoms with Crippen LogP contribution in [-0.4, -0.2) is 31.4 Å². The van der Waals surface area contributed by atoms with Crippen molar-refractivity contribution in [2.24, 2.45) is 7.05 Å². The van der Waals surface area contributed by atoms with Crippen molar-refractivity contribution in [3.8, 4) is 0 Å². The van der Waals surface area contributed by atoms with Crippen LogP contribution in [0.25, 0.3) is 5.65 Å². The molecule has 0 aliphatic rings. The summed E-state index contributed by atoms with van der Waals surface area (Å²) in [5, 5.41) is 12.9. The molecule has 0 saturated carbocycles. The van der Waals surface area contributed by atoms with Crippen LogP contribution in [0, 0.1) is 13.8 Å². The van der Waals surface area contributed by atoms with Crippen molar-refractivity contribution in [1.82, 2.24) is 24.4 Å². The first-order chi connectivity index (χ1) is 9.58. The van der Waals surface area contributed by atoms with Crippen LogP contribution in [0.3, 0.4) is 0 Å². The highest BCUT2D eigenvalue weighted by atomic mass is 15.4. The highest BCUT2D eigenvalue weighted by molar-refractivity contribution is 5.46. The lowest BCUT2D eigenvalue weighted by molar-refractivity contribution is 0.729. The summed E-state index contributed by atoms with van der Waals surface area (Å²) in [7, 11) is 3.99. The van der Waals surface area contributed by atoms with Crippen LogP contribution in [0.15, 0.2) is 24.4 Å². The Morgan fingerprint density at radius 1 is 1.20 bits per heavy atom. The minimum atomic E-state index is 0.765. The zero-order valence-corrected chi connectivity index (χ0v) is 12.2. The summed E-state index contributed by atoms with van der Waals surface area (Å²) in [6.07, 6.45) is 1.98. The molecule has 3 rings (SSSR count). The number of hydrogen-bond acceptors (Lipinski definition) is 4. The van der Waals surface area contributed by atoms with Crippen molar-refractivity contribution < 1.29 is 0 Å². The molecule has 0 amide bonds. The number of anilines is 1. The Morgan fingerprint density at radius 2 is 2.00 bits per heavy atom. The number of nitrogens with zero attached hydrogens (tertiary/aromatic N) is 6. The molecular weight excluding hydrogens is 252 g/mol. The van der Waals surface area contributed by atoms with Gasteiger partial charge in [-0.25, -0.2) is 0 Å². The lowest BCUT2D eigenvalue weighted by atomic mass is 10.2. The van der Waals surface area contributed by atoms with Gasteiger partial charge in [0, 0.05) is 38.1 Å². The van der Waals surface area contributed by atoms with Gasteiger partial charge in [0.25, 0.3) is 0 Å². The maximum Gasteiger partial charge on any atom is 0.231 e. The van der Waals surface area contributed by atoms with Gasteiger partial charge in [-0.1, -0.05) is 6.07 Å². The van der Waals surface area contributed by atoms with Crippen LogP contribution >= 0.6 is 0 Å². The van der Waals surface area contributed by atoms with E-state index in [-0.39, 0.29) is 0 Å². The highest BCUT2D eigenvalue weighted by Crippen LogP contribution is 2.18. The fraction of sp³-hybridized carbons (Fsp3) is 0.357. The molecule has 0 radical (unpaired) electrons. The molecule has 0 saturated heterocycles. The molecule has 0 N–H and O–H groups in total. The fourth-order valence-corrected chi connectivity index (χ4v) is 2.44. The number of aryl methyl sites for hydroxylation is 2. The smallest absolute Gasteiger partial charge is 0.231 e. The quantitative estimate of drug-likeness (QED) is 0.727. The Bertz CT molecular complexity index is 754. The molecule has 104 valence electrons. The molecule has 0 aromatic carbocycles. The number of fused-ring (bicyclic) bond motifs is 1. The molecule has 0 unspecified atom stereocenters. The van der Waals surface area contributed by atoms with Gasteiger partial charge in [0.2, 0.25) is 5.95 Å². The molecule has 3 aromatic rings. The lowest BCUT2D eigenvalue weighted by Crippen LogP contribution is -2.20. The maximum absolute atomic E-state index is 4.45. The van der Waals surface area contributed by atoms with Gasteiger partial charge in [-0.15, -0.1) is 10.2 Å². The first-order valence-corrected chi connectivity index (χ1v) is 6.58. The van der Waals surface area contributed by atoms with E-state index in [1.165, 1.54) is 11.3 Å². The zero-order chi connectivity index (χ0) is 14.3. The van der Waals surface area contributed by atoms with Crippen molar-refractivity contribution in [2.75, 3.05) is 11.9 Å². The van der Waals surface area contributed by atoms with E-state index in [1.807, 2.05) is 54.5 Å². The van der Waals surface area contributed by atoms with E-state index in [4.69, 9.17) is 0 Å². The standard InChI is InChI=1S/C14H18N6/c1-10-12(11(2)19(4)17-10)9-18(3)14-16-15-13-7-5-6-8-20(13)14/h5-8H,9H2,1-4H3. The average molecular weight is 270 g/mol. The van der Waals surface area contributed by atoms with Crippen LogP contribution in [0.2, 0.25) is 0 Å². The molecule has 0 spiro atoms. The maximum atomic E-state index is 4.45. The molecule has 6 heteroatoms. The molecular formula is C14H18N6. The van der Waals surface area contributed by atoms with Crippen LogP contribution in [-0.2, 0) is 13.6 Å². The van der Waals surface area contributed by atoms with E-state index < -0.39 is 0 Å². The van der Waals surface area contributed by atoms with Gasteiger partial charge in [0.1, 0.15) is 0 Å².